The van der Waals surface area contributed by atoms with Gasteiger partial charge in [-0.15, -0.1) is 0 Å². The zero-order chi connectivity index (χ0) is 30.8. The summed E-state index contributed by atoms with van der Waals surface area (Å²) in [6.07, 6.45) is 2.86. The minimum atomic E-state index is -0.0276. The highest BCUT2D eigenvalue weighted by Crippen LogP contribution is 2.32. The molecule has 2 aliphatic rings. The number of nitrogens with one attached hydrogen (secondary N) is 1. The Hall–Kier alpha value is -3.30. The number of amides is 3. The minimum Gasteiger partial charge on any atom is -0.493 e. The van der Waals surface area contributed by atoms with Gasteiger partial charge in [0.25, 0.3) is 5.91 Å². The van der Waals surface area contributed by atoms with Crippen LogP contribution in [0.1, 0.15) is 56.0 Å². The summed E-state index contributed by atoms with van der Waals surface area (Å²) in [6, 6.07) is 16.0. The van der Waals surface area contributed by atoms with Crippen LogP contribution in [0.25, 0.3) is 0 Å². The maximum Gasteiger partial charge on any atom is 0.320 e. The van der Waals surface area contributed by atoms with E-state index < -0.39 is 0 Å². The van der Waals surface area contributed by atoms with Crippen molar-refractivity contribution in [3.63, 3.8) is 0 Å². The quantitative estimate of drug-likeness (QED) is 0.278. The average molecular weight is 595 g/mol. The smallest absolute Gasteiger partial charge is 0.320 e. The second-order valence-electron chi connectivity index (χ2n) is 12.0. The van der Waals surface area contributed by atoms with Crippen LogP contribution in [0.4, 0.5) is 4.79 Å². The molecular weight excluding hydrogens is 544 g/mol. The van der Waals surface area contributed by atoms with Gasteiger partial charge in [0.15, 0.2) is 11.5 Å². The third kappa shape index (κ3) is 8.86. The number of ether oxygens (including phenoxy) is 3. The predicted octanol–water partition coefficient (Wildman–Crippen LogP) is 4.90. The van der Waals surface area contributed by atoms with Gasteiger partial charge in [0, 0.05) is 77.1 Å². The molecule has 2 aromatic rings. The highest BCUT2D eigenvalue weighted by Gasteiger charge is 2.39. The van der Waals surface area contributed by atoms with Gasteiger partial charge < -0.3 is 34.2 Å². The SMILES string of the molecule is CCN(Cc1ccccc1)C(=O)N(CC1CNCC1CN(C(=O)c1ccc(OC)c(OCCCOC)c1)C(C)C)C1CC1. The first-order chi connectivity index (χ1) is 20.9. The van der Waals surface area contributed by atoms with E-state index in [0.717, 1.165) is 37.9 Å². The maximum absolute atomic E-state index is 13.9. The molecule has 0 bridgehead atoms. The first-order valence-electron chi connectivity index (χ1n) is 15.8. The fourth-order valence-electron chi connectivity index (χ4n) is 5.79. The summed E-state index contributed by atoms with van der Waals surface area (Å²) < 4.78 is 16.5. The molecule has 1 aliphatic carbocycles. The van der Waals surface area contributed by atoms with Gasteiger partial charge in [0.2, 0.25) is 0 Å². The molecule has 236 valence electrons. The number of methoxy groups -OCH3 is 2. The van der Waals surface area contributed by atoms with E-state index >= 15 is 0 Å². The van der Waals surface area contributed by atoms with Crippen molar-refractivity contribution in [3.05, 3.63) is 59.7 Å². The van der Waals surface area contributed by atoms with Crippen LogP contribution in [-0.4, -0.2) is 98.9 Å². The number of carbonyl (C=O) groups is 2. The van der Waals surface area contributed by atoms with Crippen molar-refractivity contribution >= 4 is 11.9 Å². The van der Waals surface area contributed by atoms with Crippen LogP contribution in [0, 0.1) is 11.8 Å². The fraction of sp³-hybridized carbons (Fsp3) is 0.588. The Kier molecular flexibility index (Phi) is 12.1. The summed E-state index contributed by atoms with van der Waals surface area (Å²) in [6.45, 7) is 11.5. The van der Waals surface area contributed by atoms with E-state index in [2.05, 4.69) is 36.2 Å². The summed E-state index contributed by atoms with van der Waals surface area (Å²) in [5, 5.41) is 3.55. The van der Waals surface area contributed by atoms with Crippen molar-refractivity contribution in [2.75, 3.05) is 60.2 Å². The lowest BCUT2D eigenvalue weighted by Gasteiger charge is -2.35. The molecule has 1 saturated carbocycles. The summed E-state index contributed by atoms with van der Waals surface area (Å²) in [5.74, 6) is 1.64. The summed E-state index contributed by atoms with van der Waals surface area (Å²) in [7, 11) is 3.27. The van der Waals surface area contributed by atoms with Crippen molar-refractivity contribution in [2.24, 2.45) is 11.8 Å². The Balaban J connectivity index is 1.44. The zero-order valence-corrected chi connectivity index (χ0v) is 26.6. The van der Waals surface area contributed by atoms with E-state index in [1.807, 2.05) is 41.0 Å². The van der Waals surface area contributed by atoms with Gasteiger partial charge in [-0.05, 0) is 69.2 Å². The van der Waals surface area contributed by atoms with E-state index in [9.17, 15) is 9.59 Å². The van der Waals surface area contributed by atoms with Crippen LogP contribution in [0.5, 0.6) is 11.5 Å². The fourth-order valence-corrected chi connectivity index (χ4v) is 5.79. The standard InChI is InChI=1S/C34H50N4O5/c1-6-36(22-26-11-8-7-9-12-26)34(40)38(30-14-15-30)24-29-21-35-20-28(29)23-37(25(2)3)33(39)27-13-16-31(42-5)32(19-27)43-18-10-17-41-4/h7-9,11-13,16,19,25,28-30,35H,6,10,14-15,17-18,20-24H2,1-5H3. The van der Waals surface area contributed by atoms with E-state index in [1.165, 1.54) is 0 Å². The van der Waals surface area contributed by atoms with Crippen LogP contribution in [0.3, 0.4) is 0 Å². The van der Waals surface area contributed by atoms with Crippen LogP contribution in [0.15, 0.2) is 48.5 Å². The van der Waals surface area contributed by atoms with Crippen LogP contribution in [0.2, 0.25) is 0 Å². The number of hydrogen-bond acceptors (Lipinski definition) is 6. The van der Waals surface area contributed by atoms with E-state index in [0.29, 0.717) is 62.5 Å². The van der Waals surface area contributed by atoms with Crippen LogP contribution < -0.4 is 14.8 Å². The molecule has 9 nitrogen and oxygen atoms in total. The van der Waals surface area contributed by atoms with Crippen molar-refractivity contribution in [2.45, 2.75) is 58.7 Å². The Morgan fingerprint density at radius 3 is 2.30 bits per heavy atom. The number of nitrogens with zero attached hydrogens (tertiary/aromatic N) is 3. The predicted molar refractivity (Wildman–Crippen MR) is 169 cm³/mol. The van der Waals surface area contributed by atoms with Crippen molar-refractivity contribution < 1.29 is 23.8 Å². The largest absolute Gasteiger partial charge is 0.493 e. The monoisotopic (exact) mass is 594 g/mol. The molecule has 2 aromatic carbocycles. The molecule has 4 rings (SSSR count). The maximum atomic E-state index is 13.9. The third-order valence-electron chi connectivity index (χ3n) is 8.49. The normalized spacial score (nSPS) is 18.0. The van der Waals surface area contributed by atoms with Crippen LogP contribution >= 0.6 is 0 Å². The van der Waals surface area contributed by atoms with E-state index in [1.54, 1.807) is 26.4 Å². The number of benzene rings is 2. The molecule has 2 atom stereocenters. The highest BCUT2D eigenvalue weighted by atomic mass is 16.5. The second-order valence-corrected chi connectivity index (χ2v) is 12.0. The molecule has 3 amide bonds. The first kappa shape index (κ1) is 32.6. The molecule has 2 unspecified atom stereocenters. The van der Waals surface area contributed by atoms with Gasteiger partial charge in [-0.2, -0.15) is 0 Å². The van der Waals surface area contributed by atoms with E-state index in [-0.39, 0.29) is 29.8 Å². The molecule has 43 heavy (non-hydrogen) atoms. The molecule has 1 heterocycles. The molecule has 1 saturated heterocycles. The van der Waals surface area contributed by atoms with Crippen molar-refractivity contribution in [1.29, 1.82) is 0 Å². The van der Waals surface area contributed by atoms with Gasteiger partial charge in [-0.25, -0.2) is 4.79 Å². The third-order valence-corrected chi connectivity index (χ3v) is 8.49. The molecule has 0 aromatic heterocycles. The lowest BCUT2D eigenvalue weighted by Crippen LogP contribution is -2.48. The zero-order valence-electron chi connectivity index (χ0n) is 26.6. The van der Waals surface area contributed by atoms with Gasteiger partial charge >= 0.3 is 6.03 Å². The Bertz CT molecular complexity index is 1170. The summed E-state index contributed by atoms with van der Waals surface area (Å²) in [4.78, 5) is 33.7. The second kappa shape index (κ2) is 16.0. The van der Waals surface area contributed by atoms with Gasteiger partial charge in [-0.1, -0.05) is 30.3 Å². The highest BCUT2D eigenvalue weighted by molar-refractivity contribution is 5.95. The Morgan fingerprint density at radius 1 is 0.953 bits per heavy atom. The van der Waals surface area contributed by atoms with Gasteiger partial charge in [0.1, 0.15) is 0 Å². The lowest BCUT2D eigenvalue weighted by molar-refractivity contribution is 0.0649. The number of urea groups is 1. The van der Waals surface area contributed by atoms with Gasteiger partial charge in [0.05, 0.1) is 13.7 Å². The molecular formula is C34H50N4O5. The molecule has 1 aliphatic heterocycles. The molecule has 9 heteroatoms. The molecule has 0 spiro atoms. The van der Waals surface area contributed by atoms with Gasteiger partial charge in [-0.3, -0.25) is 4.79 Å². The number of rotatable bonds is 16. The number of hydrogen-bond donors (Lipinski definition) is 1. The average Bonchev–Trinajstić information content (AvgIpc) is 3.77. The summed E-state index contributed by atoms with van der Waals surface area (Å²) >= 11 is 0. The lowest BCUT2D eigenvalue weighted by atomic mass is 9.94. The Labute approximate surface area is 257 Å². The topological polar surface area (TPSA) is 83.6 Å². The minimum absolute atomic E-state index is 0.0181. The van der Waals surface area contributed by atoms with Crippen molar-refractivity contribution in [1.82, 2.24) is 20.0 Å². The first-order valence-corrected chi connectivity index (χ1v) is 15.8. The molecule has 2 fully saturated rings. The van der Waals surface area contributed by atoms with Crippen LogP contribution in [-0.2, 0) is 11.3 Å². The van der Waals surface area contributed by atoms with E-state index in [4.69, 9.17) is 14.2 Å². The molecule has 0 radical (unpaired) electrons. The van der Waals surface area contributed by atoms with Crippen molar-refractivity contribution in [3.8, 4) is 11.5 Å². The summed E-state index contributed by atoms with van der Waals surface area (Å²) in [5.41, 5.74) is 1.72. The number of carbonyl (C=O) groups excluding carboxylic acids is 2. The molecule has 1 N–H and O–H groups in total. The Morgan fingerprint density at radius 2 is 1.67 bits per heavy atom.